The minimum Gasteiger partial charge on any atom is -0.346 e. The van der Waals surface area contributed by atoms with E-state index in [0.717, 1.165) is 4.47 Å². The van der Waals surface area contributed by atoms with Crippen LogP contribution in [0.5, 0.6) is 0 Å². The molecule has 0 bridgehead atoms. The fraction of sp³-hybridized carbons (Fsp3) is 0.364. The molecule has 5 heteroatoms. The molecule has 0 aliphatic rings. The van der Waals surface area contributed by atoms with Crippen LogP contribution in [-0.2, 0) is 0 Å². The number of carbonyl (C=O) groups is 1. The van der Waals surface area contributed by atoms with Crippen molar-refractivity contribution in [1.29, 1.82) is 0 Å². The molecule has 1 rings (SSSR count). The third-order valence-electron chi connectivity index (χ3n) is 1.91. The van der Waals surface area contributed by atoms with Crippen molar-refractivity contribution in [2.45, 2.75) is 19.4 Å². The first-order chi connectivity index (χ1) is 7.34. The van der Waals surface area contributed by atoms with E-state index in [1.54, 1.807) is 18.2 Å². The average Bonchev–Trinajstić information content (AvgIpc) is 2.15. The van der Waals surface area contributed by atoms with Crippen LogP contribution >= 0.6 is 39.1 Å². The normalized spacial score (nSPS) is 11.3. The van der Waals surface area contributed by atoms with Gasteiger partial charge in [-0.15, -0.1) is 11.6 Å². The number of amides is 1. The molecule has 0 aliphatic heterocycles. The zero-order valence-corrected chi connectivity index (χ0v) is 12.1. The fourth-order valence-corrected chi connectivity index (χ4v) is 2.02. The van der Waals surface area contributed by atoms with Gasteiger partial charge in [-0.25, -0.2) is 0 Å². The summed E-state index contributed by atoms with van der Waals surface area (Å²) in [6.07, 6.45) is 0. The van der Waals surface area contributed by atoms with Gasteiger partial charge in [0.15, 0.2) is 0 Å². The monoisotopic (exact) mass is 323 g/mol. The molecule has 1 amide bonds. The van der Waals surface area contributed by atoms with Crippen LogP contribution in [0.4, 0.5) is 0 Å². The number of carbonyl (C=O) groups excluding carboxylic acids is 1. The van der Waals surface area contributed by atoms with Crippen LogP contribution in [0.1, 0.15) is 24.2 Å². The van der Waals surface area contributed by atoms with E-state index < -0.39 is 5.54 Å². The quantitative estimate of drug-likeness (QED) is 0.841. The van der Waals surface area contributed by atoms with Gasteiger partial charge >= 0.3 is 0 Å². The second kappa shape index (κ2) is 5.39. The summed E-state index contributed by atoms with van der Waals surface area (Å²) in [6.45, 7) is 3.72. The van der Waals surface area contributed by atoms with Crippen LogP contribution in [0.2, 0.25) is 5.02 Å². The standard InChI is InChI=1S/C11H12BrCl2NO/c1-11(2,6-13)15-10(16)7-3-8(12)5-9(14)4-7/h3-5H,6H2,1-2H3,(H,15,16). The van der Waals surface area contributed by atoms with E-state index >= 15 is 0 Å². The van der Waals surface area contributed by atoms with E-state index in [9.17, 15) is 4.79 Å². The van der Waals surface area contributed by atoms with E-state index in [2.05, 4.69) is 21.2 Å². The number of hydrogen-bond acceptors (Lipinski definition) is 1. The zero-order chi connectivity index (χ0) is 12.3. The van der Waals surface area contributed by atoms with E-state index in [1.807, 2.05) is 13.8 Å². The number of benzene rings is 1. The lowest BCUT2D eigenvalue weighted by atomic mass is 10.1. The Hall–Kier alpha value is -0.250. The number of hydrogen-bond donors (Lipinski definition) is 1. The van der Waals surface area contributed by atoms with Gasteiger partial charge in [0.05, 0.1) is 0 Å². The second-order valence-electron chi connectivity index (χ2n) is 4.13. The van der Waals surface area contributed by atoms with Crippen molar-refractivity contribution in [2.24, 2.45) is 0 Å². The molecular weight excluding hydrogens is 313 g/mol. The minimum atomic E-state index is -0.437. The molecule has 0 saturated carbocycles. The lowest BCUT2D eigenvalue weighted by molar-refractivity contribution is 0.0920. The summed E-state index contributed by atoms with van der Waals surface area (Å²) in [5.74, 6) is 0.161. The summed E-state index contributed by atoms with van der Waals surface area (Å²) in [6, 6.07) is 5.06. The predicted octanol–water partition coefficient (Wildman–Crippen LogP) is 3.85. The molecule has 88 valence electrons. The molecule has 0 fully saturated rings. The van der Waals surface area contributed by atoms with Gasteiger partial charge < -0.3 is 5.32 Å². The highest BCUT2D eigenvalue weighted by Gasteiger charge is 2.20. The summed E-state index contributed by atoms with van der Waals surface area (Å²) in [7, 11) is 0. The second-order valence-corrected chi connectivity index (χ2v) is 5.75. The first-order valence-electron chi connectivity index (χ1n) is 4.68. The Balaban J connectivity index is 2.89. The Morgan fingerprint density at radius 2 is 2.06 bits per heavy atom. The van der Waals surface area contributed by atoms with E-state index in [-0.39, 0.29) is 5.91 Å². The molecule has 2 nitrogen and oxygen atoms in total. The molecule has 1 aromatic carbocycles. The molecule has 0 atom stereocenters. The van der Waals surface area contributed by atoms with Gasteiger partial charge in [-0.3, -0.25) is 4.79 Å². The maximum atomic E-state index is 11.9. The van der Waals surface area contributed by atoms with Gasteiger partial charge in [-0.05, 0) is 32.0 Å². The van der Waals surface area contributed by atoms with Crippen LogP contribution in [0, 0.1) is 0 Å². The average molecular weight is 325 g/mol. The van der Waals surface area contributed by atoms with Gasteiger partial charge in [-0.1, -0.05) is 27.5 Å². The van der Waals surface area contributed by atoms with Crippen molar-refractivity contribution in [3.8, 4) is 0 Å². The SMILES string of the molecule is CC(C)(CCl)NC(=O)c1cc(Cl)cc(Br)c1. The number of nitrogens with one attached hydrogen (secondary N) is 1. The fourth-order valence-electron chi connectivity index (χ4n) is 1.10. The van der Waals surface area contributed by atoms with Crippen molar-refractivity contribution in [3.63, 3.8) is 0 Å². The van der Waals surface area contributed by atoms with E-state index in [1.165, 1.54) is 0 Å². The maximum absolute atomic E-state index is 11.9. The molecule has 0 heterocycles. The van der Waals surface area contributed by atoms with E-state index in [4.69, 9.17) is 23.2 Å². The molecule has 16 heavy (non-hydrogen) atoms. The summed E-state index contributed by atoms with van der Waals surface area (Å²) in [5.41, 5.74) is 0.0746. The lowest BCUT2D eigenvalue weighted by Gasteiger charge is -2.23. The topological polar surface area (TPSA) is 29.1 Å². The molecule has 0 aliphatic carbocycles. The maximum Gasteiger partial charge on any atom is 0.251 e. The van der Waals surface area contributed by atoms with Crippen LogP contribution in [0.15, 0.2) is 22.7 Å². The van der Waals surface area contributed by atoms with Crippen molar-refractivity contribution >= 4 is 45.0 Å². The molecule has 1 aromatic rings. The van der Waals surface area contributed by atoms with Gasteiger partial charge in [0.25, 0.3) is 5.91 Å². The Labute approximate surface area is 113 Å². The predicted molar refractivity (Wildman–Crippen MR) is 71.4 cm³/mol. The highest BCUT2D eigenvalue weighted by Crippen LogP contribution is 2.20. The molecule has 0 spiro atoms. The Bertz CT molecular complexity index is 387. The highest BCUT2D eigenvalue weighted by atomic mass is 79.9. The smallest absolute Gasteiger partial charge is 0.251 e. The van der Waals surface area contributed by atoms with Gasteiger partial charge in [0.2, 0.25) is 0 Å². The number of alkyl halides is 1. The molecule has 1 N–H and O–H groups in total. The molecule has 0 aromatic heterocycles. The Kier molecular flexibility index (Phi) is 4.65. The third-order valence-corrected chi connectivity index (χ3v) is 3.25. The first kappa shape index (κ1) is 13.8. The van der Waals surface area contributed by atoms with Crippen molar-refractivity contribution in [1.82, 2.24) is 5.32 Å². The van der Waals surface area contributed by atoms with Gasteiger partial charge in [-0.2, -0.15) is 0 Å². The van der Waals surface area contributed by atoms with Gasteiger partial charge in [0.1, 0.15) is 0 Å². The minimum absolute atomic E-state index is 0.186. The molecule has 0 saturated heterocycles. The summed E-state index contributed by atoms with van der Waals surface area (Å²) < 4.78 is 0.772. The van der Waals surface area contributed by atoms with Gasteiger partial charge in [0, 0.05) is 26.5 Å². The van der Waals surface area contributed by atoms with Crippen LogP contribution in [0.3, 0.4) is 0 Å². The molecule has 0 radical (unpaired) electrons. The summed E-state index contributed by atoms with van der Waals surface area (Å²) >= 11 is 14.9. The summed E-state index contributed by atoms with van der Waals surface area (Å²) in [5, 5.41) is 3.34. The van der Waals surface area contributed by atoms with Crippen LogP contribution in [-0.4, -0.2) is 17.3 Å². The highest BCUT2D eigenvalue weighted by molar-refractivity contribution is 9.10. The molecule has 0 unspecified atom stereocenters. The zero-order valence-electron chi connectivity index (χ0n) is 8.98. The third kappa shape index (κ3) is 3.96. The van der Waals surface area contributed by atoms with Crippen LogP contribution in [0.25, 0.3) is 0 Å². The van der Waals surface area contributed by atoms with Crippen molar-refractivity contribution in [2.75, 3.05) is 5.88 Å². The van der Waals surface area contributed by atoms with E-state index in [0.29, 0.717) is 16.5 Å². The Morgan fingerprint density at radius 1 is 1.44 bits per heavy atom. The van der Waals surface area contributed by atoms with Crippen molar-refractivity contribution in [3.05, 3.63) is 33.3 Å². The first-order valence-corrected chi connectivity index (χ1v) is 6.39. The number of rotatable bonds is 3. The van der Waals surface area contributed by atoms with Crippen LogP contribution < -0.4 is 5.32 Å². The lowest BCUT2D eigenvalue weighted by Crippen LogP contribution is -2.44. The number of halogens is 3. The largest absolute Gasteiger partial charge is 0.346 e. The molecular formula is C11H12BrCl2NO. The Morgan fingerprint density at radius 3 is 2.56 bits per heavy atom. The summed E-state index contributed by atoms with van der Waals surface area (Å²) in [4.78, 5) is 11.9. The van der Waals surface area contributed by atoms with Crippen molar-refractivity contribution < 1.29 is 4.79 Å².